The lowest BCUT2D eigenvalue weighted by Gasteiger charge is -2.41. The Balaban J connectivity index is 2.60. The van der Waals surface area contributed by atoms with Gasteiger partial charge in [0.15, 0.2) is 0 Å². The van der Waals surface area contributed by atoms with E-state index in [9.17, 15) is 0 Å². The Morgan fingerprint density at radius 3 is 2.08 bits per heavy atom. The number of hydrogen-bond donors (Lipinski definition) is 0. The molecule has 1 aliphatic rings. The summed E-state index contributed by atoms with van der Waals surface area (Å²) in [7, 11) is 3.28. The molecule has 1 nitrogen and oxygen atoms in total. The highest BCUT2D eigenvalue weighted by molar-refractivity contribution is 5.98. The number of hydrogen-bond acceptors (Lipinski definition) is 1. The maximum absolute atomic E-state index is 5.58. The molecule has 0 unspecified atom stereocenters. The number of rotatable bonds is 4. The normalized spacial score (nSPS) is 20.5. The standard InChI is InChI=1S/C11H21OSi/c1-3-11(4-2,12-13)10-8-6-5-7-9-10/h10H,3-9H2,1-2H3. The molecule has 0 aromatic carbocycles. The zero-order valence-electron chi connectivity index (χ0n) is 8.94. The molecule has 0 bridgehead atoms. The second kappa shape index (κ2) is 5.16. The summed E-state index contributed by atoms with van der Waals surface area (Å²) in [5.74, 6) is 0.772. The van der Waals surface area contributed by atoms with Gasteiger partial charge < -0.3 is 4.43 Å². The highest BCUT2D eigenvalue weighted by atomic mass is 28.2. The van der Waals surface area contributed by atoms with E-state index >= 15 is 0 Å². The molecule has 1 rings (SSSR count). The Hall–Kier alpha value is 0.177. The molecule has 2 heteroatoms. The molecular formula is C11H21OSi. The molecule has 1 aliphatic carbocycles. The van der Waals surface area contributed by atoms with E-state index in [2.05, 4.69) is 24.3 Å². The largest absolute Gasteiger partial charge is 0.413 e. The molecule has 0 N–H and O–H groups in total. The molecule has 3 radical (unpaired) electrons. The van der Waals surface area contributed by atoms with E-state index in [1.807, 2.05) is 0 Å². The van der Waals surface area contributed by atoms with Gasteiger partial charge in [-0.25, -0.2) is 0 Å². The van der Waals surface area contributed by atoms with Crippen molar-refractivity contribution in [2.24, 2.45) is 5.92 Å². The van der Waals surface area contributed by atoms with Gasteiger partial charge in [-0.15, -0.1) is 0 Å². The van der Waals surface area contributed by atoms with E-state index in [1.54, 1.807) is 0 Å². The zero-order valence-corrected chi connectivity index (χ0v) is 9.94. The molecular weight excluding hydrogens is 176 g/mol. The Bertz CT molecular complexity index is 129. The summed E-state index contributed by atoms with van der Waals surface area (Å²) in [5.41, 5.74) is 0.108. The fourth-order valence-electron chi connectivity index (χ4n) is 2.68. The van der Waals surface area contributed by atoms with Gasteiger partial charge in [0.2, 0.25) is 10.5 Å². The van der Waals surface area contributed by atoms with Crippen LogP contribution in [0.2, 0.25) is 0 Å². The van der Waals surface area contributed by atoms with Gasteiger partial charge in [0, 0.05) is 0 Å². The summed E-state index contributed by atoms with van der Waals surface area (Å²) in [5, 5.41) is 0. The van der Waals surface area contributed by atoms with E-state index in [1.165, 1.54) is 32.1 Å². The van der Waals surface area contributed by atoms with Gasteiger partial charge in [0.05, 0.1) is 5.60 Å². The monoisotopic (exact) mass is 197 g/mol. The first-order valence-electron chi connectivity index (χ1n) is 5.63. The average Bonchev–Trinajstić information content (AvgIpc) is 2.23. The maximum Gasteiger partial charge on any atom is 0.247 e. The fraction of sp³-hybridized carbons (Fsp3) is 1.00. The van der Waals surface area contributed by atoms with Gasteiger partial charge in [-0.05, 0) is 31.6 Å². The second-order valence-electron chi connectivity index (χ2n) is 4.21. The summed E-state index contributed by atoms with van der Waals surface area (Å²) in [6.45, 7) is 4.47. The summed E-state index contributed by atoms with van der Waals surface area (Å²) >= 11 is 0. The predicted molar refractivity (Wildman–Crippen MR) is 56.7 cm³/mol. The second-order valence-corrected chi connectivity index (χ2v) is 4.41. The molecule has 13 heavy (non-hydrogen) atoms. The molecule has 0 atom stereocenters. The molecule has 75 valence electrons. The van der Waals surface area contributed by atoms with Crippen molar-refractivity contribution in [2.45, 2.75) is 64.4 Å². The van der Waals surface area contributed by atoms with Crippen molar-refractivity contribution in [3.05, 3.63) is 0 Å². The Morgan fingerprint density at radius 1 is 1.15 bits per heavy atom. The fourth-order valence-corrected chi connectivity index (χ4v) is 3.14. The van der Waals surface area contributed by atoms with Crippen molar-refractivity contribution in [1.29, 1.82) is 0 Å². The van der Waals surface area contributed by atoms with Crippen LogP contribution >= 0.6 is 0 Å². The minimum Gasteiger partial charge on any atom is -0.413 e. The SMILES string of the molecule is CCC(CC)(O[Si])C1CCCCC1. The molecule has 0 aromatic rings. The maximum atomic E-state index is 5.58. The molecule has 0 heterocycles. The van der Waals surface area contributed by atoms with Crippen LogP contribution in [0.15, 0.2) is 0 Å². The van der Waals surface area contributed by atoms with Crippen molar-refractivity contribution in [2.75, 3.05) is 0 Å². The topological polar surface area (TPSA) is 9.23 Å². The van der Waals surface area contributed by atoms with E-state index < -0.39 is 0 Å². The van der Waals surface area contributed by atoms with Crippen LogP contribution < -0.4 is 0 Å². The Morgan fingerprint density at radius 2 is 1.69 bits per heavy atom. The minimum atomic E-state index is 0.108. The summed E-state index contributed by atoms with van der Waals surface area (Å²) in [6.07, 6.45) is 9.15. The molecule has 1 fully saturated rings. The van der Waals surface area contributed by atoms with Crippen LogP contribution in [0, 0.1) is 5.92 Å². The predicted octanol–water partition coefficient (Wildman–Crippen LogP) is 3.23. The molecule has 1 saturated carbocycles. The smallest absolute Gasteiger partial charge is 0.247 e. The molecule has 0 amide bonds. The van der Waals surface area contributed by atoms with Crippen molar-refractivity contribution in [3.63, 3.8) is 0 Å². The highest BCUT2D eigenvalue weighted by Crippen LogP contribution is 2.38. The van der Waals surface area contributed by atoms with Crippen molar-refractivity contribution in [1.82, 2.24) is 0 Å². The lowest BCUT2D eigenvalue weighted by molar-refractivity contribution is -0.00886. The molecule has 0 saturated heterocycles. The lowest BCUT2D eigenvalue weighted by atomic mass is 9.74. The third-order valence-corrected chi connectivity index (χ3v) is 4.16. The Kier molecular flexibility index (Phi) is 4.46. The molecule has 0 aromatic heterocycles. The van der Waals surface area contributed by atoms with Crippen LogP contribution in [-0.4, -0.2) is 16.1 Å². The van der Waals surface area contributed by atoms with Crippen molar-refractivity contribution >= 4 is 10.5 Å². The average molecular weight is 197 g/mol. The van der Waals surface area contributed by atoms with Gasteiger partial charge in [0.1, 0.15) is 0 Å². The van der Waals surface area contributed by atoms with Crippen LogP contribution in [-0.2, 0) is 4.43 Å². The summed E-state index contributed by atoms with van der Waals surface area (Å²) in [4.78, 5) is 0. The highest BCUT2D eigenvalue weighted by Gasteiger charge is 2.35. The lowest BCUT2D eigenvalue weighted by Crippen LogP contribution is -2.40. The van der Waals surface area contributed by atoms with E-state index in [4.69, 9.17) is 4.43 Å². The summed E-state index contributed by atoms with van der Waals surface area (Å²) < 4.78 is 5.58. The summed E-state index contributed by atoms with van der Waals surface area (Å²) in [6, 6.07) is 0. The third-order valence-electron chi connectivity index (χ3n) is 3.75. The molecule has 0 aliphatic heterocycles. The first kappa shape index (κ1) is 11.3. The van der Waals surface area contributed by atoms with Crippen LogP contribution in [0.4, 0.5) is 0 Å². The van der Waals surface area contributed by atoms with Crippen LogP contribution in [0.25, 0.3) is 0 Å². The van der Waals surface area contributed by atoms with E-state index in [0.717, 1.165) is 18.8 Å². The Labute approximate surface area is 85.8 Å². The van der Waals surface area contributed by atoms with E-state index in [0.29, 0.717) is 0 Å². The van der Waals surface area contributed by atoms with Crippen LogP contribution in [0.3, 0.4) is 0 Å². The van der Waals surface area contributed by atoms with Gasteiger partial charge in [-0.1, -0.05) is 33.1 Å². The van der Waals surface area contributed by atoms with E-state index in [-0.39, 0.29) is 5.60 Å². The zero-order chi connectivity index (χ0) is 9.73. The first-order valence-corrected chi connectivity index (χ1v) is 6.04. The van der Waals surface area contributed by atoms with Crippen LogP contribution in [0.5, 0.6) is 0 Å². The first-order chi connectivity index (χ1) is 6.29. The van der Waals surface area contributed by atoms with Gasteiger partial charge in [-0.2, -0.15) is 0 Å². The van der Waals surface area contributed by atoms with Gasteiger partial charge in [0.25, 0.3) is 0 Å². The molecule has 0 spiro atoms. The quantitative estimate of drug-likeness (QED) is 0.629. The minimum absolute atomic E-state index is 0.108. The van der Waals surface area contributed by atoms with Crippen LogP contribution in [0.1, 0.15) is 58.8 Å². The van der Waals surface area contributed by atoms with Crippen molar-refractivity contribution < 1.29 is 4.43 Å². The van der Waals surface area contributed by atoms with Crippen molar-refractivity contribution in [3.8, 4) is 0 Å². The van der Waals surface area contributed by atoms with Gasteiger partial charge in [-0.3, -0.25) is 0 Å². The van der Waals surface area contributed by atoms with Gasteiger partial charge >= 0.3 is 0 Å². The third kappa shape index (κ3) is 2.35.